The predicted molar refractivity (Wildman–Crippen MR) is 88.4 cm³/mol. The lowest BCUT2D eigenvalue weighted by Gasteiger charge is -2.05. The number of amides is 1. The molecule has 0 saturated carbocycles. The average Bonchev–Trinajstić information content (AvgIpc) is 2.60. The third kappa shape index (κ3) is 3.05. The van der Waals surface area contributed by atoms with Crippen LogP contribution in [0.2, 0.25) is 0 Å². The Morgan fingerprint density at radius 3 is 2.50 bits per heavy atom. The standard InChI is InChI=1S/C17H13FN4O2/c1-10(11-6-8-12(18)9-7-11)19-22-17(24)15-13-4-2-3-5-14(13)16(23)21-20-15/h2-9H,1H3,(H,21,23)(H,22,24)/b19-10-. The van der Waals surface area contributed by atoms with E-state index in [0.717, 1.165) is 0 Å². The SMILES string of the molecule is C/C(=N/NC(=O)c1n[nH]c(=O)c2ccccc12)c1ccc(F)cc1. The molecule has 1 amide bonds. The van der Waals surface area contributed by atoms with Crippen molar-refractivity contribution >= 4 is 22.4 Å². The number of nitrogens with zero attached hydrogens (tertiary/aromatic N) is 2. The number of hydrazone groups is 1. The van der Waals surface area contributed by atoms with E-state index in [2.05, 4.69) is 20.7 Å². The number of H-pyrrole nitrogens is 1. The fourth-order valence-electron chi connectivity index (χ4n) is 2.23. The van der Waals surface area contributed by atoms with Crippen molar-refractivity contribution in [3.63, 3.8) is 0 Å². The maximum Gasteiger partial charge on any atom is 0.292 e. The predicted octanol–water partition coefficient (Wildman–Crippen LogP) is 2.22. The van der Waals surface area contributed by atoms with E-state index in [1.165, 1.54) is 12.1 Å². The zero-order valence-corrected chi connectivity index (χ0v) is 12.7. The van der Waals surface area contributed by atoms with Gasteiger partial charge in [0.1, 0.15) is 5.82 Å². The fourth-order valence-corrected chi connectivity index (χ4v) is 2.23. The first kappa shape index (κ1) is 15.5. The Hall–Kier alpha value is -3.35. The van der Waals surface area contributed by atoms with E-state index >= 15 is 0 Å². The van der Waals surface area contributed by atoms with Gasteiger partial charge in [-0.2, -0.15) is 10.2 Å². The van der Waals surface area contributed by atoms with Crippen LogP contribution in [0.3, 0.4) is 0 Å². The monoisotopic (exact) mass is 324 g/mol. The van der Waals surface area contributed by atoms with Crippen molar-refractivity contribution in [2.75, 3.05) is 0 Å². The van der Waals surface area contributed by atoms with Crippen LogP contribution in [0.15, 0.2) is 58.4 Å². The van der Waals surface area contributed by atoms with Gasteiger partial charge in [0.05, 0.1) is 11.1 Å². The van der Waals surface area contributed by atoms with Crippen molar-refractivity contribution in [2.24, 2.45) is 5.10 Å². The van der Waals surface area contributed by atoms with E-state index in [1.54, 1.807) is 43.3 Å². The van der Waals surface area contributed by atoms with Gasteiger partial charge in [-0.05, 0) is 30.7 Å². The van der Waals surface area contributed by atoms with E-state index < -0.39 is 5.91 Å². The van der Waals surface area contributed by atoms with E-state index in [9.17, 15) is 14.0 Å². The van der Waals surface area contributed by atoms with E-state index in [4.69, 9.17) is 0 Å². The first-order valence-electron chi connectivity index (χ1n) is 7.14. The van der Waals surface area contributed by atoms with Crippen LogP contribution in [0.1, 0.15) is 23.0 Å². The average molecular weight is 324 g/mol. The van der Waals surface area contributed by atoms with Gasteiger partial charge in [0.15, 0.2) is 5.69 Å². The molecule has 0 fully saturated rings. The second kappa shape index (κ2) is 6.41. The summed E-state index contributed by atoms with van der Waals surface area (Å²) in [7, 11) is 0. The summed E-state index contributed by atoms with van der Waals surface area (Å²) in [5.41, 5.74) is 3.28. The summed E-state index contributed by atoms with van der Waals surface area (Å²) in [5, 5.41) is 10.9. The first-order chi connectivity index (χ1) is 11.6. The Kier molecular flexibility index (Phi) is 4.15. The highest BCUT2D eigenvalue weighted by Gasteiger charge is 2.13. The van der Waals surface area contributed by atoms with Crippen LogP contribution in [0.25, 0.3) is 10.8 Å². The molecule has 1 heterocycles. The molecule has 3 aromatic rings. The van der Waals surface area contributed by atoms with Crippen molar-refractivity contribution in [3.05, 3.63) is 76.0 Å². The molecular weight excluding hydrogens is 311 g/mol. The van der Waals surface area contributed by atoms with Crippen molar-refractivity contribution in [1.82, 2.24) is 15.6 Å². The smallest absolute Gasteiger partial charge is 0.267 e. The molecule has 0 atom stereocenters. The lowest BCUT2D eigenvalue weighted by atomic mass is 10.1. The van der Waals surface area contributed by atoms with Gasteiger partial charge < -0.3 is 0 Å². The van der Waals surface area contributed by atoms with E-state index in [-0.39, 0.29) is 17.1 Å². The Bertz CT molecular complexity index is 993. The number of aromatic amines is 1. The third-order valence-electron chi connectivity index (χ3n) is 3.50. The molecule has 6 nitrogen and oxygen atoms in total. The Balaban J connectivity index is 1.88. The van der Waals surface area contributed by atoms with Gasteiger partial charge in [-0.25, -0.2) is 14.9 Å². The number of fused-ring (bicyclic) bond motifs is 1. The van der Waals surface area contributed by atoms with Crippen LogP contribution in [-0.4, -0.2) is 21.8 Å². The number of hydrogen-bond acceptors (Lipinski definition) is 4. The minimum atomic E-state index is -0.552. The van der Waals surface area contributed by atoms with Crippen molar-refractivity contribution in [3.8, 4) is 0 Å². The number of aromatic nitrogens is 2. The largest absolute Gasteiger partial charge is 0.292 e. The van der Waals surface area contributed by atoms with Gasteiger partial charge in [-0.15, -0.1) is 0 Å². The van der Waals surface area contributed by atoms with Gasteiger partial charge >= 0.3 is 0 Å². The number of carbonyl (C=O) groups is 1. The molecule has 0 spiro atoms. The zero-order valence-electron chi connectivity index (χ0n) is 12.7. The molecule has 2 aromatic carbocycles. The maximum absolute atomic E-state index is 12.9. The molecule has 2 N–H and O–H groups in total. The molecule has 0 bridgehead atoms. The Labute approximate surface area is 136 Å². The molecule has 3 rings (SSSR count). The summed E-state index contributed by atoms with van der Waals surface area (Å²) in [5.74, 6) is -0.900. The number of carbonyl (C=O) groups excluding carboxylic acids is 1. The molecule has 0 radical (unpaired) electrons. The van der Waals surface area contributed by atoms with Gasteiger partial charge in [-0.3, -0.25) is 9.59 Å². The summed E-state index contributed by atoms with van der Waals surface area (Å²) < 4.78 is 12.9. The molecule has 0 unspecified atom stereocenters. The summed E-state index contributed by atoms with van der Waals surface area (Å²) >= 11 is 0. The molecule has 1 aromatic heterocycles. The van der Waals surface area contributed by atoms with Crippen LogP contribution in [0, 0.1) is 5.82 Å². The van der Waals surface area contributed by atoms with Crippen molar-refractivity contribution in [2.45, 2.75) is 6.92 Å². The second-order valence-electron chi connectivity index (χ2n) is 5.09. The fraction of sp³-hybridized carbons (Fsp3) is 0.0588. The Morgan fingerprint density at radius 1 is 1.12 bits per heavy atom. The number of nitrogens with one attached hydrogen (secondary N) is 2. The highest BCUT2D eigenvalue weighted by molar-refractivity contribution is 6.06. The summed E-state index contributed by atoms with van der Waals surface area (Å²) in [6.45, 7) is 1.69. The van der Waals surface area contributed by atoms with Gasteiger partial charge in [-0.1, -0.05) is 30.3 Å². The van der Waals surface area contributed by atoms with Gasteiger partial charge in [0.2, 0.25) is 0 Å². The highest BCUT2D eigenvalue weighted by Crippen LogP contribution is 2.12. The molecular formula is C17H13FN4O2. The number of hydrogen-bond donors (Lipinski definition) is 2. The van der Waals surface area contributed by atoms with Crippen LogP contribution in [0.5, 0.6) is 0 Å². The topological polar surface area (TPSA) is 87.2 Å². The van der Waals surface area contributed by atoms with Crippen LogP contribution < -0.4 is 11.0 Å². The normalized spacial score (nSPS) is 11.5. The van der Waals surface area contributed by atoms with Crippen LogP contribution in [-0.2, 0) is 0 Å². The lowest BCUT2D eigenvalue weighted by molar-refractivity contribution is 0.0950. The third-order valence-corrected chi connectivity index (χ3v) is 3.50. The van der Waals surface area contributed by atoms with E-state index in [1.807, 2.05) is 0 Å². The molecule has 7 heteroatoms. The zero-order chi connectivity index (χ0) is 17.1. The quantitative estimate of drug-likeness (QED) is 0.572. The number of rotatable bonds is 3. The molecule has 0 saturated heterocycles. The number of benzene rings is 2. The van der Waals surface area contributed by atoms with E-state index in [0.29, 0.717) is 22.0 Å². The van der Waals surface area contributed by atoms with Crippen LogP contribution >= 0.6 is 0 Å². The van der Waals surface area contributed by atoms with Crippen molar-refractivity contribution in [1.29, 1.82) is 0 Å². The summed E-state index contributed by atoms with van der Waals surface area (Å²) in [4.78, 5) is 24.0. The summed E-state index contributed by atoms with van der Waals surface area (Å²) in [6.07, 6.45) is 0. The maximum atomic E-state index is 12.9. The Morgan fingerprint density at radius 2 is 1.79 bits per heavy atom. The number of halogens is 1. The van der Waals surface area contributed by atoms with Gasteiger partial charge in [0, 0.05) is 5.39 Å². The highest BCUT2D eigenvalue weighted by atomic mass is 19.1. The van der Waals surface area contributed by atoms with Crippen molar-refractivity contribution < 1.29 is 9.18 Å². The van der Waals surface area contributed by atoms with Crippen LogP contribution in [0.4, 0.5) is 4.39 Å². The lowest BCUT2D eigenvalue weighted by Crippen LogP contribution is -2.23. The molecule has 0 aliphatic carbocycles. The molecule has 120 valence electrons. The minimum absolute atomic E-state index is 0.0702. The minimum Gasteiger partial charge on any atom is -0.267 e. The second-order valence-corrected chi connectivity index (χ2v) is 5.09. The molecule has 0 aliphatic heterocycles. The van der Waals surface area contributed by atoms with Gasteiger partial charge in [0.25, 0.3) is 11.5 Å². The molecule has 0 aliphatic rings. The molecule has 24 heavy (non-hydrogen) atoms. The first-order valence-corrected chi connectivity index (χ1v) is 7.14. The summed E-state index contributed by atoms with van der Waals surface area (Å²) in [6, 6.07) is 12.4.